The van der Waals surface area contributed by atoms with Crippen LogP contribution in [0.25, 0.3) is 5.69 Å². The van der Waals surface area contributed by atoms with Crippen molar-refractivity contribution in [3.63, 3.8) is 0 Å². The SMILES string of the molecule is Cc1ccc(-n2ncc(C(=O)NCCCN)c2C(C)C)cc1.Cl. The summed E-state index contributed by atoms with van der Waals surface area (Å²) in [6, 6.07) is 8.12. The zero-order valence-corrected chi connectivity index (χ0v) is 14.7. The van der Waals surface area contributed by atoms with Crippen LogP contribution in [0.1, 0.15) is 47.8 Å². The Kier molecular flexibility index (Phi) is 7.26. The minimum absolute atomic E-state index is 0. The molecule has 126 valence electrons. The van der Waals surface area contributed by atoms with Gasteiger partial charge < -0.3 is 11.1 Å². The smallest absolute Gasteiger partial charge is 0.254 e. The molecule has 5 nitrogen and oxygen atoms in total. The lowest BCUT2D eigenvalue weighted by Crippen LogP contribution is -2.27. The van der Waals surface area contributed by atoms with Crippen LogP contribution in [0, 0.1) is 6.92 Å². The predicted molar refractivity (Wildman–Crippen MR) is 95.6 cm³/mol. The van der Waals surface area contributed by atoms with Gasteiger partial charge in [-0.1, -0.05) is 31.5 Å². The summed E-state index contributed by atoms with van der Waals surface area (Å²) in [5, 5.41) is 7.31. The molecule has 0 atom stereocenters. The summed E-state index contributed by atoms with van der Waals surface area (Å²) in [7, 11) is 0. The van der Waals surface area contributed by atoms with Crippen LogP contribution in [0.5, 0.6) is 0 Å². The Morgan fingerprint density at radius 1 is 1.30 bits per heavy atom. The molecular weight excluding hydrogens is 312 g/mol. The first-order chi connectivity index (χ1) is 10.5. The van der Waals surface area contributed by atoms with E-state index in [-0.39, 0.29) is 24.2 Å². The van der Waals surface area contributed by atoms with E-state index in [1.807, 2.05) is 35.9 Å². The average Bonchev–Trinajstić information content (AvgIpc) is 2.93. The molecule has 0 spiro atoms. The summed E-state index contributed by atoms with van der Waals surface area (Å²) in [6.07, 6.45) is 2.42. The van der Waals surface area contributed by atoms with Gasteiger partial charge in [0.15, 0.2) is 0 Å². The van der Waals surface area contributed by atoms with Crippen LogP contribution in [0.3, 0.4) is 0 Å². The maximum absolute atomic E-state index is 12.3. The van der Waals surface area contributed by atoms with E-state index in [1.54, 1.807) is 6.20 Å². The fourth-order valence-corrected chi connectivity index (χ4v) is 2.38. The molecule has 0 radical (unpaired) electrons. The molecule has 0 saturated heterocycles. The number of halogens is 1. The van der Waals surface area contributed by atoms with E-state index in [1.165, 1.54) is 5.56 Å². The molecule has 2 aromatic rings. The molecule has 2 rings (SSSR count). The number of nitrogens with two attached hydrogens (primary N) is 1. The molecular formula is C17H25ClN4O. The molecule has 23 heavy (non-hydrogen) atoms. The molecule has 1 heterocycles. The van der Waals surface area contributed by atoms with E-state index in [2.05, 4.69) is 24.3 Å². The molecule has 3 N–H and O–H groups in total. The number of rotatable bonds is 6. The van der Waals surface area contributed by atoms with Crippen LogP contribution >= 0.6 is 12.4 Å². The second-order valence-corrected chi connectivity index (χ2v) is 5.74. The van der Waals surface area contributed by atoms with Crippen molar-refractivity contribution in [2.24, 2.45) is 5.73 Å². The zero-order valence-electron chi connectivity index (χ0n) is 13.9. The molecule has 0 aliphatic rings. The summed E-state index contributed by atoms with van der Waals surface area (Å²) in [6.45, 7) is 7.34. The van der Waals surface area contributed by atoms with Crippen LogP contribution in [0.4, 0.5) is 0 Å². The highest BCUT2D eigenvalue weighted by molar-refractivity contribution is 5.95. The summed E-state index contributed by atoms with van der Waals surface area (Å²) >= 11 is 0. The minimum atomic E-state index is -0.0875. The van der Waals surface area contributed by atoms with E-state index in [0.29, 0.717) is 18.7 Å². The van der Waals surface area contributed by atoms with Gasteiger partial charge in [0, 0.05) is 6.54 Å². The van der Waals surface area contributed by atoms with Gasteiger partial charge in [-0.25, -0.2) is 4.68 Å². The maximum atomic E-state index is 12.3. The van der Waals surface area contributed by atoms with Gasteiger partial charge in [-0.15, -0.1) is 12.4 Å². The second-order valence-electron chi connectivity index (χ2n) is 5.74. The first kappa shape index (κ1) is 19.2. The van der Waals surface area contributed by atoms with Gasteiger partial charge in [0.2, 0.25) is 0 Å². The highest BCUT2D eigenvalue weighted by Crippen LogP contribution is 2.23. The molecule has 1 aromatic carbocycles. The quantitative estimate of drug-likeness (QED) is 0.797. The largest absolute Gasteiger partial charge is 0.352 e. The van der Waals surface area contributed by atoms with E-state index < -0.39 is 0 Å². The Labute approximate surface area is 143 Å². The van der Waals surface area contributed by atoms with Crippen molar-refractivity contribution in [1.29, 1.82) is 0 Å². The van der Waals surface area contributed by atoms with Crippen LogP contribution in [-0.2, 0) is 0 Å². The summed E-state index contributed by atoms with van der Waals surface area (Å²) in [5.41, 5.74) is 9.18. The van der Waals surface area contributed by atoms with Gasteiger partial charge in [0.25, 0.3) is 5.91 Å². The van der Waals surface area contributed by atoms with Gasteiger partial charge in [0.05, 0.1) is 23.1 Å². The van der Waals surface area contributed by atoms with E-state index in [9.17, 15) is 4.79 Å². The number of hydrogen-bond acceptors (Lipinski definition) is 3. The zero-order chi connectivity index (χ0) is 16.1. The number of hydrogen-bond donors (Lipinski definition) is 2. The number of benzene rings is 1. The molecule has 0 aliphatic heterocycles. The van der Waals surface area contributed by atoms with E-state index >= 15 is 0 Å². The van der Waals surface area contributed by atoms with Crippen molar-refractivity contribution in [2.45, 2.75) is 33.1 Å². The fourth-order valence-electron chi connectivity index (χ4n) is 2.38. The second kappa shape index (κ2) is 8.70. The molecule has 0 unspecified atom stereocenters. The number of carbonyl (C=O) groups is 1. The average molecular weight is 337 g/mol. The fraction of sp³-hybridized carbons (Fsp3) is 0.412. The molecule has 0 bridgehead atoms. The third-order valence-electron chi connectivity index (χ3n) is 3.54. The predicted octanol–water partition coefficient (Wildman–Crippen LogP) is 2.80. The lowest BCUT2D eigenvalue weighted by Gasteiger charge is -2.13. The molecule has 0 aliphatic carbocycles. The van der Waals surface area contributed by atoms with Gasteiger partial charge in [-0.2, -0.15) is 5.10 Å². The monoisotopic (exact) mass is 336 g/mol. The number of amides is 1. The summed E-state index contributed by atoms with van der Waals surface area (Å²) < 4.78 is 1.85. The molecule has 1 amide bonds. The Morgan fingerprint density at radius 3 is 2.52 bits per heavy atom. The van der Waals surface area contributed by atoms with Crippen LogP contribution in [-0.4, -0.2) is 28.8 Å². The van der Waals surface area contributed by atoms with Crippen LogP contribution in [0.2, 0.25) is 0 Å². The third-order valence-corrected chi connectivity index (χ3v) is 3.54. The Hall–Kier alpha value is -1.85. The van der Waals surface area contributed by atoms with Crippen molar-refractivity contribution in [1.82, 2.24) is 15.1 Å². The molecule has 6 heteroatoms. The minimum Gasteiger partial charge on any atom is -0.352 e. The van der Waals surface area contributed by atoms with E-state index in [4.69, 9.17) is 5.73 Å². The number of nitrogens with one attached hydrogen (secondary N) is 1. The maximum Gasteiger partial charge on any atom is 0.254 e. The Bertz CT molecular complexity index is 635. The number of aromatic nitrogens is 2. The highest BCUT2D eigenvalue weighted by Gasteiger charge is 2.20. The number of carbonyl (C=O) groups excluding carboxylic acids is 1. The van der Waals surface area contributed by atoms with Crippen molar-refractivity contribution < 1.29 is 4.79 Å². The lowest BCUT2D eigenvalue weighted by molar-refractivity contribution is 0.0952. The lowest BCUT2D eigenvalue weighted by atomic mass is 10.0. The number of nitrogens with zero attached hydrogens (tertiary/aromatic N) is 2. The van der Waals surface area contributed by atoms with Crippen LogP contribution in [0.15, 0.2) is 30.5 Å². The molecule has 0 fully saturated rings. The number of aryl methyl sites for hydroxylation is 1. The Balaban J connectivity index is 0.00000264. The van der Waals surface area contributed by atoms with Gasteiger partial charge in [0.1, 0.15) is 0 Å². The standard InChI is InChI=1S/C17H24N4O.ClH/c1-12(2)16-15(17(22)19-10-4-9-18)11-20-21(16)14-7-5-13(3)6-8-14;/h5-8,11-12H,4,9-10,18H2,1-3H3,(H,19,22);1H. The van der Waals surface area contributed by atoms with E-state index in [0.717, 1.165) is 17.8 Å². The molecule has 1 aromatic heterocycles. The van der Waals surface area contributed by atoms with Crippen LogP contribution < -0.4 is 11.1 Å². The Morgan fingerprint density at radius 2 is 1.96 bits per heavy atom. The first-order valence-electron chi connectivity index (χ1n) is 7.67. The molecule has 0 saturated carbocycles. The van der Waals surface area contributed by atoms with Gasteiger partial charge in [-0.3, -0.25) is 4.79 Å². The van der Waals surface area contributed by atoms with Crippen molar-refractivity contribution in [3.05, 3.63) is 47.3 Å². The summed E-state index contributed by atoms with van der Waals surface area (Å²) in [5.74, 6) is 0.106. The highest BCUT2D eigenvalue weighted by atomic mass is 35.5. The van der Waals surface area contributed by atoms with Crippen molar-refractivity contribution in [3.8, 4) is 5.69 Å². The first-order valence-corrected chi connectivity index (χ1v) is 7.67. The summed E-state index contributed by atoms with van der Waals surface area (Å²) in [4.78, 5) is 12.3. The van der Waals surface area contributed by atoms with Crippen molar-refractivity contribution >= 4 is 18.3 Å². The van der Waals surface area contributed by atoms with Gasteiger partial charge >= 0.3 is 0 Å². The van der Waals surface area contributed by atoms with Crippen molar-refractivity contribution in [2.75, 3.05) is 13.1 Å². The normalized spacial score (nSPS) is 10.5. The van der Waals surface area contributed by atoms with Gasteiger partial charge in [-0.05, 0) is 37.9 Å². The third kappa shape index (κ3) is 4.56. The topological polar surface area (TPSA) is 72.9 Å².